The Bertz CT molecular complexity index is 598. The molecule has 0 saturated carbocycles. The van der Waals surface area contributed by atoms with Crippen molar-refractivity contribution in [2.75, 3.05) is 19.6 Å². The summed E-state index contributed by atoms with van der Waals surface area (Å²) in [6.07, 6.45) is 6.64. The fourth-order valence-corrected chi connectivity index (χ4v) is 4.95. The van der Waals surface area contributed by atoms with E-state index >= 15 is 0 Å². The molecule has 0 bridgehead atoms. The fraction of sp³-hybridized carbons (Fsp3) is 0.684. The van der Waals surface area contributed by atoms with E-state index in [1.165, 1.54) is 30.4 Å². The van der Waals surface area contributed by atoms with Crippen LogP contribution in [0.4, 0.5) is 5.69 Å². The van der Waals surface area contributed by atoms with Gasteiger partial charge in [-0.15, -0.1) is 0 Å². The largest absolute Gasteiger partial charge is 0.330 e. The summed E-state index contributed by atoms with van der Waals surface area (Å²) in [6, 6.07) is 5.40. The van der Waals surface area contributed by atoms with E-state index in [-0.39, 0.29) is 16.0 Å². The second kappa shape index (κ2) is 7.19. The van der Waals surface area contributed by atoms with Crippen LogP contribution >= 0.6 is 0 Å². The molecule has 1 fully saturated rings. The van der Waals surface area contributed by atoms with Crippen molar-refractivity contribution in [2.45, 2.75) is 45.4 Å². The Morgan fingerprint density at radius 3 is 2.67 bits per heavy atom. The van der Waals surface area contributed by atoms with Gasteiger partial charge in [0.1, 0.15) is 0 Å². The minimum Gasteiger partial charge on any atom is -0.330 e. The maximum Gasteiger partial charge on any atom is 0.269 e. The van der Waals surface area contributed by atoms with Crippen LogP contribution in [0.15, 0.2) is 18.2 Å². The van der Waals surface area contributed by atoms with E-state index in [1.807, 2.05) is 6.07 Å². The molecule has 0 radical (unpaired) electrons. The second-order valence-electron chi connectivity index (χ2n) is 7.72. The van der Waals surface area contributed by atoms with E-state index < -0.39 is 0 Å². The number of non-ortho nitro benzene ring substituents is 1. The van der Waals surface area contributed by atoms with Crippen LogP contribution in [0.5, 0.6) is 0 Å². The lowest BCUT2D eigenvalue weighted by molar-refractivity contribution is -0.384. The number of rotatable bonds is 5. The van der Waals surface area contributed by atoms with Gasteiger partial charge in [-0.1, -0.05) is 13.0 Å². The van der Waals surface area contributed by atoms with Gasteiger partial charge in [0.2, 0.25) is 0 Å². The molecule has 5 heteroatoms. The van der Waals surface area contributed by atoms with Gasteiger partial charge < -0.3 is 11.1 Å². The Hall–Kier alpha value is -1.46. The molecule has 0 aromatic heterocycles. The van der Waals surface area contributed by atoms with E-state index in [9.17, 15) is 10.1 Å². The zero-order valence-corrected chi connectivity index (χ0v) is 14.6. The number of benzene rings is 1. The molecule has 2 unspecified atom stereocenters. The SMILES string of the molecule is CC(CCN)(C1CCNCC1)C1CCc2ccc([N+](=O)[O-])cc2C1. The predicted octanol–water partition coefficient (Wildman–Crippen LogP) is 3.05. The Morgan fingerprint density at radius 1 is 1.25 bits per heavy atom. The zero-order chi connectivity index (χ0) is 17.2. The molecule has 2 aliphatic rings. The van der Waals surface area contributed by atoms with Crippen LogP contribution in [-0.4, -0.2) is 24.6 Å². The Labute approximate surface area is 144 Å². The number of nitrogens with zero attached hydrogens (tertiary/aromatic N) is 1. The molecule has 0 spiro atoms. The first-order valence-corrected chi connectivity index (χ1v) is 9.21. The van der Waals surface area contributed by atoms with Crippen LogP contribution < -0.4 is 11.1 Å². The van der Waals surface area contributed by atoms with Crippen molar-refractivity contribution in [2.24, 2.45) is 23.0 Å². The van der Waals surface area contributed by atoms with Crippen LogP contribution in [-0.2, 0) is 12.8 Å². The third-order valence-corrected chi connectivity index (χ3v) is 6.52. The van der Waals surface area contributed by atoms with E-state index in [0.29, 0.717) is 11.8 Å². The van der Waals surface area contributed by atoms with Gasteiger partial charge in [-0.05, 0) is 86.5 Å². The Balaban J connectivity index is 1.85. The van der Waals surface area contributed by atoms with Gasteiger partial charge in [-0.3, -0.25) is 10.1 Å². The molecule has 1 aromatic carbocycles. The van der Waals surface area contributed by atoms with Crippen molar-refractivity contribution in [3.63, 3.8) is 0 Å². The van der Waals surface area contributed by atoms with Crippen molar-refractivity contribution in [1.29, 1.82) is 0 Å². The molecule has 3 N–H and O–H groups in total. The maximum absolute atomic E-state index is 11.1. The summed E-state index contributed by atoms with van der Waals surface area (Å²) in [5, 5.41) is 14.6. The molecule has 2 atom stereocenters. The maximum atomic E-state index is 11.1. The van der Waals surface area contributed by atoms with Crippen LogP contribution in [0, 0.1) is 27.4 Å². The van der Waals surface area contributed by atoms with Gasteiger partial charge in [-0.2, -0.15) is 0 Å². The smallest absolute Gasteiger partial charge is 0.269 e. The molecule has 132 valence electrons. The second-order valence-corrected chi connectivity index (χ2v) is 7.72. The van der Waals surface area contributed by atoms with Crippen molar-refractivity contribution in [3.8, 4) is 0 Å². The lowest BCUT2D eigenvalue weighted by Crippen LogP contribution is -2.44. The summed E-state index contributed by atoms with van der Waals surface area (Å²) in [4.78, 5) is 10.8. The van der Waals surface area contributed by atoms with Gasteiger partial charge in [0.05, 0.1) is 4.92 Å². The molecule has 5 nitrogen and oxygen atoms in total. The van der Waals surface area contributed by atoms with E-state index in [4.69, 9.17) is 5.73 Å². The normalized spacial score (nSPS) is 24.2. The monoisotopic (exact) mass is 331 g/mol. The minimum atomic E-state index is -0.282. The van der Waals surface area contributed by atoms with Crippen LogP contribution in [0.2, 0.25) is 0 Å². The van der Waals surface area contributed by atoms with Gasteiger partial charge in [0, 0.05) is 12.1 Å². The number of nitro benzene ring substituents is 1. The molecule has 0 amide bonds. The highest BCUT2D eigenvalue weighted by Crippen LogP contribution is 2.48. The topological polar surface area (TPSA) is 81.2 Å². The van der Waals surface area contributed by atoms with Gasteiger partial charge >= 0.3 is 0 Å². The molecule has 1 saturated heterocycles. The highest BCUT2D eigenvalue weighted by molar-refractivity contribution is 5.41. The number of nitro groups is 1. The number of aryl methyl sites for hydroxylation is 1. The molecule has 1 aliphatic heterocycles. The number of nitrogens with one attached hydrogen (secondary N) is 1. The number of hydrogen-bond acceptors (Lipinski definition) is 4. The first-order valence-electron chi connectivity index (χ1n) is 9.21. The summed E-state index contributed by atoms with van der Waals surface area (Å²) >= 11 is 0. The summed E-state index contributed by atoms with van der Waals surface area (Å²) < 4.78 is 0. The summed E-state index contributed by atoms with van der Waals surface area (Å²) in [6.45, 7) is 5.33. The number of fused-ring (bicyclic) bond motifs is 1. The third-order valence-electron chi connectivity index (χ3n) is 6.52. The van der Waals surface area contributed by atoms with Crippen molar-refractivity contribution < 1.29 is 4.92 Å². The standard InChI is InChI=1S/C19H29N3O2/c1-19(8-9-20,16-6-10-21-11-7-16)17-4-2-14-3-5-18(22(23)24)13-15(14)12-17/h3,5,13,16-17,21H,2,4,6-12,20H2,1H3. The first kappa shape index (κ1) is 17.4. The molecular formula is C19H29N3O2. The molecular weight excluding hydrogens is 302 g/mol. The Morgan fingerprint density at radius 2 is 2.00 bits per heavy atom. The molecule has 1 aliphatic carbocycles. The molecule has 3 rings (SSSR count). The van der Waals surface area contributed by atoms with E-state index in [2.05, 4.69) is 12.2 Å². The van der Waals surface area contributed by atoms with Crippen LogP contribution in [0.3, 0.4) is 0 Å². The number of piperidine rings is 1. The van der Waals surface area contributed by atoms with Crippen molar-refractivity contribution in [3.05, 3.63) is 39.4 Å². The predicted molar refractivity (Wildman–Crippen MR) is 96.0 cm³/mol. The van der Waals surface area contributed by atoms with Crippen molar-refractivity contribution >= 4 is 5.69 Å². The number of nitrogens with two attached hydrogens (primary N) is 1. The van der Waals surface area contributed by atoms with Gasteiger partial charge in [0.15, 0.2) is 0 Å². The highest BCUT2D eigenvalue weighted by Gasteiger charge is 2.42. The van der Waals surface area contributed by atoms with Gasteiger partial charge in [-0.25, -0.2) is 0 Å². The van der Waals surface area contributed by atoms with Crippen molar-refractivity contribution in [1.82, 2.24) is 5.32 Å². The van der Waals surface area contributed by atoms with Crippen LogP contribution in [0.1, 0.15) is 43.7 Å². The van der Waals surface area contributed by atoms with E-state index in [1.54, 1.807) is 12.1 Å². The quantitative estimate of drug-likeness (QED) is 0.642. The van der Waals surface area contributed by atoms with Crippen LogP contribution in [0.25, 0.3) is 0 Å². The average molecular weight is 331 g/mol. The lowest BCUT2D eigenvalue weighted by Gasteiger charge is -2.47. The zero-order valence-electron chi connectivity index (χ0n) is 14.6. The van der Waals surface area contributed by atoms with Gasteiger partial charge in [0.25, 0.3) is 5.69 Å². The minimum absolute atomic E-state index is 0.219. The summed E-state index contributed by atoms with van der Waals surface area (Å²) in [5.74, 6) is 1.27. The molecule has 1 heterocycles. The summed E-state index contributed by atoms with van der Waals surface area (Å²) in [5.41, 5.74) is 8.90. The van der Waals surface area contributed by atoms with E-state index in [0.717, 1.165) is 38.9 Å². The average Bonchev–Trinajstić information content (AvgIpc) is 2.61. The lowest BCUT2D eigenvalue weighted by atomic mass is 9.59. The fourth-order valence-electron chi connectivity index (χ4n) is 4.95. The highest BCUT2D eigenvalue weighted by atomic mass is 16.6. The third kappa shape index (κ3) is 3.33. The molecule has 24 heavy (non-hydrogen) atoms. The summed E-state index contributed by atoms with van der Waals surface area (Å²) in [7, 11) is 0. The first-order chi connectivity index (χ1) is 11.5. The number of hydrogen-bond donors (Lipinski definition) is 2. The Kier molecular flexibility index (Phi) is 5.21. The molecule has 1 aromatic rings.